The van der Waals surface area contributed by atoms with Crippen LogP contribution in [0.4, 0.5) is 0 Å². The maximum Gasteiger partial charge on any atom is 0.220 e. The third-order valence-electron chi connectivity index (χ3n) is 2.90. The summed E-state index contributed by atoms with van der Waals surface area (Å²) in [5, 5.41) is 12.2. The van der Waals surface area contributed by atoms with Gasteiger partial charge >= 0.3 is 0 Å². The number of nitrogens with one attached hydrogen (secondary N) is 1. The Labute approximate surface area is 114 Å². The summed E-state index contributed by atoms with van der Waals surface area (Å²) in [5.74, 6) is 0.139. The van der Waals surface area contributed by atoms with Crippen LogP contribution < -0.4 is 5.32 Å². The molecular weight excluding hydrogens is 242 g/mol. The zero-order valence-corrected chi connectivity index (χ0v) is 11.6. The van der Waals surface area contributed by atoms with Crippen molar-refractivity contribution in [2.75, 3.05) is 20.3 Å². The number of aliphatic hydroxyl groups is 1. The summed E-state index contributed by atoms with van der Waals surface area (Å²) in [5.41, 5.74) is 1.10. The number of aliphatic hydroxyl groups excluding tert-OH is 1. The Morgan fingerprint density at radius 2 is 2.05 bits per heavy atom. The SMILES string of the molecule is COCC(C)CC(=O)N[C@@H](CO)Cc1ccccc1. The summed E-state index contributed by atoms with van der Waals surface area (Å²) < 4.78 is 5.00. The van der Waals surface area contributed by atoms with Gasteiger partial charge in [-0.2, -0.15) is 0 Å². The van der Waals surface area contributed by atoms with Gasteiger partial charge in [-0.1, -0.05) is 37.3 Å². The van der Waals surface area contributed by atoms with Crippen molar-refractivity contribution in [1.82, 2.24) is 5.32 Å². The summed E-state index contributed by atoms with van der Waals surface area (Å²) in [6, 6.07) is 9.59. The average Bonchev–Trinajstić information content (AvgIpc) is 2.39. The maximum atomic E-state index is 11.8. The van der Waals surface area contributed by atoms with Gasteiger partial charge in [0.2, 0.25) is 5.91 Å². The van der Waals surface area contributed by atoms with E-state index in [1.54, 1.807) is 7.11 Å². The van der Waals surface area contributed by atoms with Crippen LogP contribution in [0.5, 0.6) is 0 Å². The molecule has 4 heteroatoms. The van der Waals surface area contributed by atoms with Crippen LogP contribution in [0.15, 0.2) is 30.3 Å². The van der Waals surface area contributed by atoms with Crippen molar-refractivity contribution in [3.63, 3.8) is 0 Å². The number of carbonyl (C=O) groups is 1. The molecule has 0 aliphatic rings. The zero-order chi connectivity index (χ0) is 14.1. The minimum atomic E-state index is -0.232. The summed E-state index contributed by atoms with van der Waals surface area (Å²) in [6.07, 6.45) is 1.06. The molecule has 2 atom stereocenters. The minimum absolute atomic E-state index is 0.0421. The van der Waals surface area contributed by atoms with E-state index in [4.69, 9.17) is 4.74 Å². The molecule has 1 aromatic rings. The minimum Gasteiger partial charge on any atom is -0.394 e. The van der Waals surface area contributed by atoms with Gasteiger partial charge < -0.3 is 15.2 Å². The van der Waals surface area contributed by atoms with Crippen LogP contribution >= 0.6 is 0 Å². The second kappa shape index (κ2) is 8.67. The molecule has 0 spiro atoms. The molecule has 1 aromatic carbocycles. The molecule has 4 nitrogen and oxygen atoms in total. The first-order valence-corrected chi connectivity index (χ1v) is 6.58. The van der Waals surface area contributed by atoms with Gasteiger partial charge in [-0.3, -0.25) is 4.79 Å². The maximum absolute atomic E-state index is 11.8. The average molecular weight is 265 g/mol. The van der Waals surface area contributed by atoms with Gasteiger partial charge in [-0.05, 0) is 17.9 Å². The molecule has 0 aromatic heterocycles. The van der Waals surface area contributed by atoms with E-state index in [2.05, 4.69) is 5.32 Å². The van der Waals surface area contributed by atoms with Crippen LogP contribution in [0.3, 0.4) is 0 Å². The van der Waals surface area contributed by atoms with Crippen LogP contribution in [0, 0.1) is 5.92 Å². The molecule has 2 N–H and O–H groups in total. The van der Waals surface area contributed by atoms with Crippen molar-refractivity contribution in [2.45, 2.75) is 25.8 Å². The Kier molecular flexibility index (Phi) is 7.15. The standard InChI is InChI=1S/C15H23NO3/c1-12(11-19-2)8-15(18)16-14(10-17)9-13-6-4-3-5-7-13/h3-7,12,14,17H,8-11H2,1-2H3,(H,16,18)/t12?,14-/m1/s1. The molecule has 0 bridgehead atoms. The van der Waals surface area contributed by atoms with E-state index in [1.807, 2.05) is 37.3 Å². The van der Waals surface area contributed by atoms with E-state index in [9.17, 15) is 9.90 Å². The fraction of sp³-hybridized carbons (Fsp3) is 0.533. The van der Waals surface area contributed by atoms with Crippen molar-refractivity contribution in [1.29, 1.82) is 0 Å². The summed E-state index contributed by atoms with van der Waals surface area (Å²) >= 11 is 0. The Morgan fingerprint density at radius 1 is 1.37 bits per heavy atom. The summed E-state index contributed by atoms with van der Waals surface area (Å²) in [4.78, 5) is 11.8. The molecule has 19 heavy (non-hydrogen) atoms. The number of methoxy groups -OCH3 is 1. The highest BCUT2D eigenvalue weighted by Crippen LogP contribution is 2.05. The van der Waals surface area contributed by atoms with Crippen LogP contribution in [0.1, 0.15) is 18.9 Å². The molecule has 0 aliphatic carbocycles. The highest BCUT2D eigenvalue weighted by molar-refractivity contribution is 5.76. The second-order valence-corrected chi connectivity index (χ2v) is 4.90. The van der Waals surface area contributed by atoms with Gasteiger partial charge in [0.15, 0.2) is 0 Å². The topological polar surface area (TPSA) is 58.6 Å². The highest BCUT2D eigenvalue weighted by Gasteiger charge is 2.14. The normalized spacial score (nSPS) is 13.8. The van der Waals surface area contributed by atoms with Crippen molar-refractivity contribution >= 4 is 5.91 Å². The predicted molar refractivity (Wildman–Crippen MR) is 74.8 cm³/mol. The molecular formula is C15H23NO3. The van der Waals surface area contributed by atoms with Gasteiger partial charge in [-0.15, -0.1) is 0 Å². The Hall–Kier alpha value is -1.39. The van der Waals surface area contributed by atoms with E-state index >= 15 is 0 Å². The lowest BCUT2D eigenvalue weighted by Crippen LogP contribution is -2.39. The zero-order valence-electron chi connectivity index (χ0n) is 11.6. The molecule has 1 amide bonds. The van der Waals surface area contributed by atoms with Crippen LogP contribution in [-0.4, -0.2) is 37.4 Å². The Bertz CT molecular complexity index is 367. The van der Waals surface area contributed by atoms with Crippen molar-refractivity contribution in [2.24, 2.45) is 5.92 Å². The first kappa shape index (κ1) is 15.7. The number of benzene rings is 1. The number of rotatable bonds is 8. The molecule has 1 unspecified atom stereocenters. The molecule has 0 aliphatic heterocycles. The van der Waals surface area contributed by atoms with Crippen molar-refractivity contribution in [3.05, 3.63) is 35.9 Å². The molecule has 106 valence electrons. The molecule has 0 fully saturated rings. The first-order valence-electron chi connectivity index (χ1n) is 6.58. The van der Waals surface area contributed by atoms with Crippen LogP contribution in [-0.2, 0) is 16.0 Å². The lowest BCUT2D eigenvalue weighted by Gasteiger charge is -2.18. The fourth-order valence-corrected chi connectivity index (χ4v) is 2.01. The van der Waals surface area contributed by atoms with E-state index in [0.29, 0.717) is 19.4 Å². The van der Waals surface area contributed by atoms with E-state index in [-0.39, 0.29) is 24.5 Å². The predicted octanol–water partition coefficient (Wildman–Crippen LogP) is 1.38. The number of hydrogen-bond acceptors (Lipinski definition) is 3. The quantitative estimate of drug-likeness (QED) is 0.746. The summed E-state index contributed by atoms with van der Waals surface area (Å²) in [7, 11) is 1.63. The molecule has 0 heterocycles. The van der Waals surface area contributed by atoms with Crippen LogP contribution in [0.25, 0.3) is 0 Å². The van der Waals surface area contributed by atoms with Gasteiger partial charge in [0.05, 0.1) is 12.6 Å². The third kappa shape index (κ3) is 6.36. The number of hydrogen-bond donors (Lipinski definition) is 2. The monoisotopic (exact) mass is 265 g/mol. The van der Waals surface area contributed by atoms with Crippen LogP contribution in [0.2, 0.25) is 0 Å². The largest absolute Gasteiger partial charge is 0.394 e. The number of ether oxygens (including phenoxy) is 1. The lowest BCUT2D eigenvalue weighted by molar-refractivity contribution is -0.123. The number of carbonyl (C=O) groups excluding carboxylic acids is 1. The van der Waals surface area contributed by atoms with Crippen molar-refractivity contribution in [3.8, 4) is 0 Å². The van der Waals surface area contributed by atoms with E-state index in [1.165, 1.54) is 0 Å². The smallest absolute Gasteiger partial charge is 0.220 e. The van der Waals surface area contributed by atoms with Gasteiger partial charge in [-0.25, -0.2) is 0 Å². The fourth-order valence-electron chi connectivity index (χ4n) is 2.01. The number of amides is 1. The van der Waals surface area contributed by atoms with Gasteiger partial charge in [0.25, 0.3) is 0 Å². The Balaban J connectivity index is 2.41. The van der Waals surface area contributed by atoms with E-state index < -0.39 is 0 Å². The second-order valence-electron chi connectivity index (χ2n) is 4.90. The summed E-state index contributed by atoms with van der Waals surface area (Å²) in [6.45, 7) is 2.48. The Morgan fingerprint density at radius 3 is 2.63 bits per heavy atom. The molecule has 0 saturated heterocycles. The third-order valence-corrected chi connectivity index (χ3v) is 2.90. The van der Waals surface area contributed by atoms with E-state index in [0.717, 1.165) is 5.56 Å². The highest BCUT2D eigenvalue weighted by atomic mass is 16.5. The van der Waals surface area contributed by atoms with Crippen molar-refractivity contribution < 1.29 is 14.6 Å². The van der Waals surface area contributed by atoms with Gasteiger partial charge in [0.1, 0.15) is 0 Å². The van der Waals surface area contributed by atoms with Gasteiger partial charge in [0, 0.05) is 20.1 Å². The molecule has 0 saturated carbocycles. The molecule has 1 rings (SSSR count). The lowest BCUT2D eigenvalue weighted by atomic mass is 10.1. The molecule has 0 radical (unpaired) electrons. The first-order chi connectivity index (χ1) is 9.15.